The number of amides is 1. The van der Waals surface area contributed by atoms with Crippen LogP contribution < -0.4 is 5.32 Å². The molecule has 0 saturated heterocycles. The standard InChI is InChI=1S/C14H10Br2FNO2/c15-11-6-10(17)7-12(16)13(11)18-14(19)20-8-9-4-2-1-3-5-9/h1-7H,8H2,(H,18,19). The number of anilines is 1. The van der Waals surface area contributed by atoms with E-state index in [1.165, 1.54) is 12.1 Å². The highest BCUT2D eigenvalue weighted by molar-refractivity contribution is 9.11. The monoisotopic (exact) mass is 401 g/mol. The molecule has 0 fully saturated rings. The molecule has 0 aromatic heterocycles. The van der Waals surface area contributed by atoms with Crippen LogP contribution in [0.3, 0.4) is 0 Å². The van der Waals surface area contributed by atoms with Crippen molar-refractivity contribution in [1.82, 2.24) is 0 Å². The third-order valence-electron chi connectivity index (χ3n) is 2.45. The zero-order valence-electron chi connectivity index (χ0n) is 10.2. The molecule has 0 heterocycles. The van der Waals surface area contributed by atoms with E-state index in [-0.39, 0.29) is 6.61 Å². The maximum atomic E-state index is 13.1. The molecule has 0 aliphatic heterocycles. The summed E-state index contributed by atoms with van der Waals surface area (Å²) in [5.74, 6) is -0.410. The molecule has 0 unspecified atom stereocenters. The number of rotatable bonds is 3. The predicted molar refractivity (Wildman–Crippen MR) is 82.0 cm³/mol. The Bertz CT molecular complexity index is 597. The molecule has 2 rings (SSSR count). The lowest BCUT2D eigenvalue weighted by atomic mass is 10.2. The first-order chi connectivity index (χ1) is 9.56. The molecule has 0 atom stereocenters. The summed E-state index contributed by atoms with van der Waals surface area (Å²) in [6, 6.07) is 11.9. The van der Waals surface area contributed by atoms with Crippen molar-refractivity contribution < 1.29 is 13.9 Å². The quantitative estimate of drug-likeness (QED) is 0.775. The topological polar surface area (TPSA) is 38.3 Å². The first-order valence-electron chi connectivity index (χ1n) is 5.68. The third-order valence-corrected chi connectivity index (χ3v) is 3.70. The van der Waals surface area contributed by atoms with Crippen LogP contribution in [-0.2, 0) is 11.3 Å². The van der Waals surface area contributed by atoms with Crippen molar-refractivity contribution in [3.63, 3.8) is 0 Å². The fourth-order valence-electron chi connectivity index (χ4n) is 1.52. The van der Waals surface area contributed by atoms with Crippen molar-refractivity contribution in [3.05, 3.63) is 62.8 Å². The van der Waals surface area contributed by atoms with Gasteiger partial charge in [-0.3, -0.25) is 5.32 Å². The van der Waals surface area contributed by atoms with Gasteiger partial charge in [0.1, 0.15) is 12.4 Å². The van der Waals surface area contributed by atoms with Gasteiger partial charge in [-0.1, -0.05) is 30.3 Å². The van der Waals surface area contributed by atoms with Gasteiger partial charge in [0.25, 0.3) is 0 Å². The molecule has 0 bridgehead atoms. The Balaban J connectivity index is 1.98. The van der Waals surface area contributed by atoms with Crippen LogP contribution in [-0.4, -0.2) is 6.09 Å². The zero-order chi connectivity index (χ0) is 14.5. The molecule has 6 heteroatoms. The van der Waals surface area contributed by atoms with Gasteiger partial charge < -0.3 is 4.74 Å². The molecule has 0 radical (unpaired) electrons. The zero-order valence-corrected chi connectivity index (χ0v) is 13.4. The number of hydrogen-bond acceptors (Lipinski definition) is 2. The Morgan fingerprint density at radius 3 is 2.35 bits per heavy atom. The van der Waals surface area contributed by atoms with Crippen molar-refractivity contribution in [2.45, 2.75) is 6.61 Å². The highest BCUT2D eigenvalue weighted by atomic mass is 79.9. The van der Waals surface area contributed by atoms with Gasteiger partial charge in [0.15, 0.2) is 0 Å². The van der Waals surface area contributed by atoms with Gasteiger partial charge in [-0.05, 0) is 49.6 Å². The van der Waals surface area contributed by atoms with E-state index in [9.17, 15) is 9.18 Å². The normalized spacial score (nSPS) is 10.2. The summed E-state index contributed by atoms with van der Waals surface area (Å²) < 4.78 is 19.1. The Hall–Kier alpha value is -1.40. The summed E-state index contributed by atoms with van der Waals surface area (Å²) in [4.78, 5) is 11.7. The SMILES string of the molecule is O=C(Nc1c(Br)cc(F)cc1Br)OCc1ccccc1. The summed E-state index contributed by atoms with van der Waals surface area (Å²) >= 11 is 6.36. The van der Waals surface area contributed by atoms with Crippen LogP contribution in [0.1, 0.15) is 5.56 Å². The molecule has 104 valence electrons. The molecule has 1 N–H and O–H groups in total. The van der Waals surface area contributed by atoms with E-state index in [4.69, 9.17) is 4.74 Å². The van der Waals surface area contributed by atoms with Gasteiger partial charge in [-0.15, -0.1) is 0 Å². The lowest BCUT2D eigenvalue weighted by molar-refractivity contribution is 0.155. The van der Waals surface area contributed by atoms with E-state index in [1.807, 2.05) is 30.3 Å². The van der Waals surface area contributed by atoms with Crippen LogP contribution in [0.15, 0.2) is 51.4 Å². The fraction of sp³-hybridized carbons (Fsp3) is 0.0714. The summed E-state index contributed by atoms with van der Waals surface area (Å²) in [5, 5.41) is 2.55. The van der Waals surface area contributed by atoms with Crippen molar-refractivity contribution in [2.75, 3.05) is 5.32 Å². The van der Waals surface area contributed by atoms with Gasteiger partial charge in [0, 0.05) is 8.95 Å². The van der Waals surface area contributed by atoms with Crippen LogP contribution in [0.5, 0.6) is 0 Å². The van der Waals surface area contributed by atoms with E-state index in [0.717, 1.165) is 5.56 Å². The molecule has 20 heavy (non-hydrogen) atoms. The number of ether oxygens (including phenoxy) is 1. The maximum Gasteiger partial charge on any atom is 0.412 e. The highest BCUT2D eigenvalue weighted by Crippen LogP contribution is 2.32. The van der Waals surface area contributed by atoms with Gasteiger partial charge in [0.2, 0.25) is 0 Å². The molecule has 3 nitrogen and oxygen atoms in total. The highest BCUT2D eigenvalue weighted by Gasteiger charge is 2.12. The number of carbonyl (C=O) groups is 1. The average molecular weight is 403 g/mol. The number of halogens is 3. The minimum atomic E-state index is -0.609. The second-order valence-corrected chi connectivity index (χ2v) is 5.64. The van der Waals surface area contributed by atoms with E-state index in [0.29, 0.717) is 14.6 Å². The Morgan fingerprint density at radius 1 is 1.15 bits per heavy atom. The number of hydrogen-bond donors (Lipinski definition) is 1. The Kier molecular flexibility index (Phi) is 5.14. The van der Waals surface area contributed by atoms with E-state index in [2.05, 4.69) is 37.2 Å². The second kappa shape index (κ2) is 6.85. The van der Waals surface area contributed by atoms with Crippen molar-refractivity contribution >= 4 is 43.6 Å². The van der Waals surface area contributed by atoms with Crippen LogP contribution in [0.4, 0.5) is 14.9 Å². The number of carbonyl (C=O) groups excluding carboxylic acids is 1. The largest absolute Gasteiger partial charge is 0.444 e. The van der Waals surface area contributed by atoms with Crippen LogP contribution in [0.25, 0.3) is 0 Å². The minimum absolute atomic E-state index is 0.170. The summed E-state index contributed by atoms with van der Waals surface area (Å²) in [6.45, 7) is 0.170. The minimum Gasteiger partial charge on any atom is -0.444 e. The molecule has 0 saturated carbocycles. The molecular weight excluding hydrogens is 393 g/mol. The van der Waals surface area contributed by atoms with Gasteiger partial charge in [-0.2, -0.15) is 0 Å². The van der Waals surface area contributed by atoms with Gasteiger partial charge in [0.05, 0.1) is 5.69 Å². The lowest BCUT2D eigenvalue weighted by Gasteiger charge is -2.10. The van der Waals surface area contributed by atoms with Crippen LogP contribution in [0.2, 0.25) is 0 Å². The van der Waals surface area contributed by atoms with Gasteiger partial charge in [-0.25, -0.2) is 9.18 Å². The van der Waals surface area contributed by atoms with Crippen LogP contribution in [0, 0.1) is 5.82 Å². The number of benzene rings is 2. The predicted octanol–water partition coefficient (Wildman–Crippen LogP) is 5.10. The van der Waals surface area contributed by atoms with Gasteiger partial charge >= 0.3 is 6.09 Å². The molecule has 0 aliphatic rings. The van der Waals surface area contributed by atoms with Crippen LogP contribution >= 0.6 is 31.9 Å². The third kappa shape index (κ3) is 4.05. The first kappa shape index (κ1) is 15.0. The fourth-order valence-corrected chi connectivity index (χ4v) is 2.85. The molecule has 1 amide bonds. The molecule has 0 spiro atoms. The van der Waals surface area contributed by atoms with Crippen molar-refractivity contribution in [2.24, 2.45) is 0 Å². The van der Waals surface area contributed by atoms with Crippen molar-refractivity contribution in [3.8, 4) is 0 Å². The van der Waals surface area contributed by atoms with Crippen molar-refractivity contribution in [1.29, 1.82) is 0 Å². The summed E-state index contributed by atoms with van der Waals surface area (Å²) in [7, 11) is 0. The van der Waals surface area contributed by atoms with E-state index >= 15 is 0 Å². The molecule has 2 aromatic rings. The Morgan fingerprint density at radius 2 is 1.75 bits per heavy atom. The average Bonchev–Trinajstić information content (AvgIpc) is 2.42. The lowest BCUT2D eigenvalue weighted by Crippen LogP contribution is -2.14. The summed E-state index contributed by atoms with van der Waals surface area (Å²) in [5.41, 5.74) is 1.31. The molecular formula is C14H10Br2FNO2. The number of nitrogens with one attached hydrogen (secondary N) is 1. The maximum absolute atomic E-state index is 13.1. The smallest absolute Gasteiger partial charge is 0.412 e. The molecule has 2 aromatic carbocycles. The second-order valence-electron chi connectivity index (χ2n) is 3.93. The first-order valence-corrected chi connectivity index (χ1v) is 7.27. The summed E-state index contributed by atoms with van der Waals surface area (Å²) in [6.07, 6.45) is -0.609. The molecule has 0 aliphatic carbocycles. The Labute approximate surface area is 132 Å². The van der Waals surface area contributed by atoms with E-state index < -0.39 is 11.9 Å². The van der Waals surface area contributed by atoms with E-state index in [1.54, 1.807) is 0 Å².